The van der Waals surface area contributed by atoms with E-state index in [4.69, 9.17) is 5.11 Å². The molecule has 0 aliphatic heterocycles. The second-order valence-electron chi connectivity index (χ2n) is 3.84. The topological polar surface area (TPSA) is 20.2 Å². The first-order valence-corrected chi connectivity index (χ1v) is 6.44. The number of hydrogen-bond acceptors (Lipinski definition) is 1. The van der Waals surface area contributed by atoms with Crippen molar-refractivity contribution in [3.05, 3.63) is 0 Å². The van der Waals surface area contributed by atoms with Gasteiger partial charge in [0.15, 0.2) is 0 Å². The van der Waals surface area contributed by atoms with Gasteiger partial charge in [0, 0.05) is 6.61 Å². The number of aliphatic hydroxyl groups is 1. The van der Waals surface area contributed by atoms with Crippen LogP contribution in [0.1, 0.15) is 78.6 Å². The molecule has 0 aromatic rings. The van der Waals surface area contributed by atoms with Crippen molar-refractivity contribution in [2.45, 2.75) is 78.6 Å². The molecule has 0 saturated carbocycles. The van der Waals surface area contributed by atoms with Crippen LogP contribution >= 0.6 is 0 Å². The van der Waals surface area contributed by atoms with Crippen LogP contribution in [0.3, 0.4) is 0 Å². The quantitative estimate of drug-likeness (QED) is 0.573. The molecule has 0 rings (SSSR count). The van der Waals surface area contributed by atoms with E-state index in [2.05, 4.69) is 20.8 Å². The van der Waals surface area contributed by atoms with E-state index >= 15 is 0 Å². The Kier molecular flexibility index (Phi) is 21.9. The fraction of sp³-hybridized carbons (Fsp3) is 1.00. The molecule has 14 heavy (non-hydrogen) atoms. The molecule has 88 valence electrons. The van der Waals surface area contributed by atoms with Gasteiger partial charge in [0.2, 0.25) is 0 Å². The summed E-state index contributed by atoms with van der Waals surface area (Å²) in [6.07, 6.45) is 11.6. The first-order valence-electron chi connectivity index (χ1n) is 6.44. The van der Waals surface area contributed by atoms with Crippen molar-refractivity contribution in [2.75, 3.05) is 6.61 Å². The highest BCUT2D eigenvalue weighted by atomic mass is 16.2. The van der Waals surface area contributed by atoms with Crippen LogP contribution in [0.4, 0.5) is 0 Å². The van der Waals surface area contributed by atoms with Crippen molar-refractivity contribution in [1.82, 2.24) is 0 Å². The van der Waals surface area contributed by atoms with Crippen molar-refractivity contribution in [3.8, 4) is 0 Å². The fourth-order valence-corrected chi connectivity index (χ4v) is 1.22. The zero-order chi connectivity index (χ0) is 11.1. The maximum absolute atomic E-state index is 8.37. The van der Waals surface area contributed by atoms with E-state index in [1.165, 1.54) is 51.4 Å². The molecule has 0 unspecified atom stereocenters. The molecule has 0 heterocycles. The van der Waals surface area contributed by atoms with Gasteiger partial charge in [-0.15, -0.1) is 0 Å². The van der Waals surface area contributed by atoms with Gasteiger partial charge in [-0.3, -0.25) is 0 Å². The highest BCUT2D eigenvalue weighted by Crippen LogP contribution is 2.00. The number of aliphatic hydroxyl groups excluding tert-OH is 1. The molecule has 0 spiro atoms. The van der Waals surface area contributed by atoms with Crippen LogP contribution in [-0.4, -0.2) is 11.7 Å². The molecule has 0 radical (unpaired) electrons. The van der Waals surface area contributed by atoms with Gasteiger partial charge in [-0.1, -0.05) is 72.1 Å². The Morgan fingerprint density at radius 2 is 0.929 bits per heavy atom. The predicted molar refractivity (Wildman–Crippen MR) is 65.7 cm³/mol. The Hall–Kier alpha value is -0.0400. The highest BCUT2D eigenvalue weighted by Gasteiger charge is 1.84. The van der Waals surface area contributed by atoms with Gasteiger partial charge in [-0.2, -0.15) is 0 Å². The van der Waals surface area contributed by atoms with Crippen LogP contribution < -0.4 is 0 Å². The maximum Gasteiger partial charge on any atom is 0.0431 e. The molecule has 0 fully saturated rings. The lowest BCUT2D eigenvalue weighted by atomic mass is 10.2. The molecule has 0 aromatic heterocycles. The molecule has 1 heteroatoms. The largest absolute Gasteiger partial charge is 0.396 e. The molecule has 0 bridgehead atoms. The smallest absolute Gasteiger partial charge is 0.0431 e. The molecular weight excluding hydrogens is 172 g/mol. The van der Waals surface area contributed by atoms with E-state index in [1.54, 1.807) is 0 Å². The monoisotopic (exact) mass is 202 g/mol. The van der Waals surface area contributed by atoms with Gasteiger partial charge in [-0.25, -0.2) is 0 Å². The summed E-state index contributed by atoms with van der Waals surface area (Å²) in [5, 5.41) is 8.37. The van der Waals surface area contributed by atoms with Gasteiger partial charge >= 0.3 is 0 Å². The van der Waals surface area contributed by atoms with Crippen LogP contribution in [0, 0.1) is 0 Å². The minimum absolute atomic E-state index is 0.365. The molecule has 0 aliphatic carbocycles. The minimum Gasteiger partial charge on any atom is -0.396 e. The Labute approximate surface area is 90.9 Å². The summed E-state index contributed by atoms with van der Waals surface area (Å²) in [7, 11) is 0. The summed E-state index contributed by atoms with van der Waals surface area (Å²) in [4.78, 5) is 0. The van der Waals surface area contributed by atoms with Crippen molar-refractivity contribution in [2.24, 2.45) is 0 Å². The summed E-state index contributed by atoms with van der Waals surface area (Å²) in [6.45, 7) is 7.02. The van der Waals surface area contributed by atoms with Gasteiger partial charge in [0.25, 0.3) is 0 Å². The summed E-state index contributed by atoms with van der Waals surface area (Å²) in [5.41, 5.74) is 0. The average molecular weight is 202 g/mol. The first kappa shape index (κ1) is 16.4. The van der Waals surface area contributed by atoms with Crippen molar-refractivity contribution < 1.29 is 5.11 Å². The summed E-state index contributed by atoms with van der Waals surface area (Å²) in [6, 6.07) is 0. The van der Waals surface area contributed by atoms with E-state index < -0.39 is 0 Å². The van der Waals surface area contributed by atoms with Crippen molar-refractivity contribution >= 4 is 0 Å². The van der Waals surface area contributed by atoms with Crippen LogP contribution in [0.25, 0.3) is 0 Å². The Morgan fingerprint density at radius 1 is 0.571 bits per heavy atom. The third-order valence-corrected chi connectivity index (χ3v) is 2.22. The zero-order valence-electron chi connectivity index (χ0n) is 10.5. The minimum atomic E-state index is 0.365. The van der Waals surface area contributed by atoms with E-state index in [0.717, 1.165) is 6.42 Å². The Bertz CT molecular complexity index is 61.6. The fourth-order valence-electron chi connectivity index (χ4n) is 1.22. The van der Waals surface area contributed by atoms with E-state index in [-0.39, 0.29) is 0 Å². The van der Waals surface area contributed by atoms with Crippen LogP contribution in [0.15, 0.2) is 0 Å². The van der Waals surface area contributed by atoms with Gasteiger partial charge in [-0.05, 0) is 6.42 Å². The molecule has 1 nitrogen and oxygen atoms in total. The van der Waals surface area contributed by atoms with E-state index in [1.807, 2.05) is 0 Å². The van der Waals surface area contributed by atoms with Gasteiger partial charge in [0.05, 0.1) is 0 Å². The van der Waals surface area contributed by atoms with Crippen LogP contribution in [0.2, 0.25) is 0 Å². The summed E-state index contributed by atoms with van der Waals surface area (Å²) < 4.78 is 0. The maximum atomic E-state index is 8.37. The highest BCUT2D eigenvalue weighted by molar-refractivity contribution is 4.39. The third kappa shape index (κ3) is 22.7. The Balaban J connectivity index is 0. The van der Waals surface area contributed by atoms with Gasteiger partial charge < -0.3 is 5.11 Å². The number of hydrogen-bond donors (Lipinski definition) is 1. The normalized spacial score (nSPS) is 9.43. The Morgan fingerprint density at radius 3 is 1.29 bits per heavy atom. The van der Waals surface area contributed by atoms with Crippen LogP contribution in [-0.2, 0) is 0 Å². The molecule has 0 aromatic carbocycles. The number of rotatable bonds is 8. The second kappa shape index (κ2) is 18.7. The third-order valence-electron chi connectivity index (χ3n) is 2.22. The van der Waals surface area contributed by atoms with E-state index in [9.17, 15) is 0 Å². The second-order valence-corrected chi connectivity index (χ2v) is 3.84. The lowest BCUT2D eigenvalue weighted by Gasteiger charge is -1.93. The van der Waals surface area contributed by atoms with Crippen molar-refractivity contribution in [1.29, 1.82) is 0 Å². The molecule has 0 amide bonds. The predicted octanol–water partition coefficient (Wildman–Crippen LogP) is 4.54. The molecule has 0 saturated heterocycles. The summed E-state index contributed by atoms with van der Waals surface area (Å²) >= 11 is 0. The molecule has 0 atom stereocenters. The molecular formula is C13H30O. The SMILES string of the molecule is CCCCCC.CCCCCCCO. The van der Waals surface area contributed by atoms with Gasteiger partial charge in [0.1, 0.15) is 0 Å². The number of unbranched alkanes of at least 4 members (excludes halogenated alkanes) is 7. The molecule has 1 N–H and O–H groups in total. The van der Waals surface area contributed by atoms with Crippen molar-refractivity contribution in [3.63, 3.8) is 0 Å². The summed E-state index contributed by atoms with van der Waals surface area (Å²) in [5.74, 6) is 0. The van der Waals surface area contributed by atoms with Crippen LogP contribution in [0.5, 0.6) is 0 Å². The lowest BCUT2D eigenvalue weighted by Crippen LogP contribution is -1.81. The standard InChI is InChI=1S/C7H16O.C6H14/c1-2-3-4-5-6-7-8;1-3-5-6-4-2/h8H,2-7H2,1H3;3-6H2,1-2H3. The molecule has 0 aliphatic rings. The lowest BCUT2D eigenvalue weighted by molar-refractivity contribution is 0.282. The zero-order valence-corrected chi connectivity index (χ0v) is 10.5. The average Bonchev–Trinajstić information content (AvgIpc) is 2.22. The van der Waals surface area contributed by atoms with E-state index in [0.29, 0.717) is 6.61 Å². The first-order chi connectivity index (χ1) is 6.83.